The lowest BCUT2D eigenvalue weighted by molar-refractivity contribution is 0.0520. The van der Waals surface area contributed by atoms with Crippen LogP contribution in [0.4, 0.5) is 5.69 Å². The molecule has 152 valence electrons. The molecule has 0 fully saturated rings. The molecule has 0 spiro atoms. The summed E-state index contributed by atoms with van der Waals surface area (Å²) in [7, 11) is -4.17. The second-order valence-corrected chi connectivity index (χ2v) is 8.45. The van der Waals surface area contributed by atoms with Gasteiger partial charge >= 0.3 is 5.97 Å². The number of halogens is 1. The van der Waals surface area contributed by atoms with Crippen molar-refractivity contribution in [2.75, 3.05) is 11.3 Å². The molecule has 0 aliphatic heterocycles. The third kappa shape index (κ3) is 4.46. The second-order valence-electron chi connectivity index (χ2n) is 6.39. The zero-order valence-electron chi connectivity index (χ0n) is 16.2. The Kier molecular flexibility index (Phi) is 6.00. The highest BCUT2D eigenvalue weighted by Crippen LogP contribution is 2.37. The Hall–Kier alpha value is -2.77. The van der Waals surface area contributed by atoms with E-state index in [-0.39, 0.29) is 28.6 Å². The number of hydrogen-bond donors (Lipinski definition) is 1. The highest BCUT2D eigenvalue weighted by atomic mass is 35.5. The maximum atomic E-state index is 13.3. The number of carbonyl (C=O) groups is 1. The van der Waals surface area contributed by atoms with E-state index >= 15 is 0 Å². The van der Waals surface area contributed by atoms with Gasteiger partial charge in [0.05, 0.1) is 6.61 Å². The molecule has 3 rings (SSSR count). The van der Waals surface area contributed by atoms with Crippen LogP contribution in [0.2, 0.25) is 5.02 Å². The van der Waals surface area contributed by atoms with Crippen molar-refractivity contribution in [2.45, 2.75) is 25.7 Å². The van der Waals surface area contributed by atoms with Crippen molar-refractivity contribution in [3.8, 4) is 11.3 Å². The van der Waals surface area contributed by atoms with Crippen molar-refractivity contribution in [2.24, 2.45) is 0 Å². The first-order chi connectivity index (χ1) is 13.7. The topological polar surface area (TPSA) is 85.6 Å². The van der Waals surface area contributed by atoms with Crippen LogP contribution in [0.1, 0.15) is 28.6 Å². The lowest BCUT2D eigenvalue weighted by Crippen LogP contribution is -2.18. The van der Waals surface area contributed by atoms with Gasteiger partial charge in [0.25, 0.3) is 10.0 Å². The maximum Gasteiger partial charge on any atom is 0.343 e. The molecule has 0 radical (unpaired) electrons. The van der Waals surface area contributed by atoms with E-state index in [4.69, 9.17) is 20.8 Å². The SMILES string of the molecule is CCOC(=O)c1c(C)oc(-c2ccc(Cl)cc2)c1S(=O)(=O)Nc1cccc(C)c1. The number of benzene rings is 2. The predicted octanol–water partition coefficient (Wildman–Crippen LogP) is 5.19. The van der Waals surface area contributed by atoms with E-state index in [9.17, 15) is 13.2 Å². The Morgan fingerprint density at radius 2 is 1.83 bits per heavy atom. The average Bonchev–Trinajstić information content (AvgIpc) is 3.00. The predicted molar refractivity (Wildman–Crippen MR) is 112 cm³/mol. The number of anilines is 1. The fourth-order valence-electron chi connectivity index (χ4n) is 2.93. The molecular weight excluding hydrogens is 414 g/mol. The van der Waals surface area contributed by atoms with Crippen molar-refractivity contribution in [3.63, 3.8) is 0 Å². The van der Waals surface area contributed by atoms with Gasteiger partial charge in [0.15, 0.2) is 5.76 Å². The summed E-state index contributed by atoms with van der Waals surface area (Å²) in [6, 6.07) is 13.4. The molecule has 0 saturated heterocycles. The lowest BCUT2D eigenvalue weighted by Gasteiger charge is -2.11. The van der Waals surface area contributed by atoms with E-state index in [2.05, 4.69) is 4.72 Å². The quantitative estimate of drug-likeness (QED) is 0.540. The normalized spacial score (nSPS) is 11.3. The minimum Gasteiger partial charge on any atom is -0.462 e. The Balaban J connectivity index is 2.20. The van der Waals surface area contributed by atoms with E-state index in [1.165, 1.54) is 6.92 Å². The zero-order valence-corrected chi connectivity index (χ0v) is 17.7. The Morgan fingerprint density at radius 3 is 2.45 bits per heavy atom. The van der Waals surface area contributed by atoms with E-state index in [0.717, 1.165) is 5.56 Å². The second kappa shape index (κ2) is 8.31. The number of sulfonamides is 1. The van der Waals surface area contributed by atoms with E-state index in [0.29, 0.717) is 16.3 Å². The summed E-state index contributed by atoms with van der Waals surface area (Å²) in [6.07, 6.45) is 0. The number of hydrogen-bond acceptors (Lipinski definition) is 5. The van der Waals surface area contributed by atoms with Crippen molar-refractivity contribution >= 4 is 33.3 Å². The van der Waals surface area contributed by atoms with Gasteiger partial charge in [0.1, 0.15) is 16.2 Å². The summed E-state index contributed by atoms with van der Waals surface area (Å²) in [5, 5.41) is 0.491. The van der Waals surface area contributed by atoms with Gasteiger partial charge in [-0.15, -0.1) is 0 Å². The van der Waals surface area contributed by atoms with Gasteiger partial charge in [-0.05, 0) is 62.7 Å². The number of nitrogens with one attached hydrogen (secondary N) is 1. The molecule has 0 aliphatic carbocycles. The molecule has 0 atom stereocenters. The third-order valence-corrected chi connectivity index (χ3v) is 5.85. The first-order valence-electron chi connectivity index (χ1n) is 8.89. The van der Waals surface area contributed by atoms with Crippen LogP contribution < -0.4 is 4.72 Å². The van der Waals surface area contributed by atoms with Gasteiger partial charge in [0, 0.05) is 16.3 Å². The summed E-state index contributed by atoms with van der Waals surface area (Å²) in [4.78, 5) is 12.3. The molecule has 3 aromatic rings. The van der Waals surface area contributed by atoms with Gasteiger partial charge < -0.3 is 9.15 Å². The Morgan fingerprint density at radius 1 is 1.14 bits per heavy atom. The van der Waals surface area contributed by atoms with E-state index in [1.807, 2.05) is 13.0 Å². The van der Waals surface area contributed by atoms with E-state index < -0.39 is 16.0 Å². The summed E-state index contributed by atoms with van der Waals surface area (Å²) < 4.78 is 39.9. The summed E-state index contributed by atoms with van der Waals surface area (Å²) >= 11 is 5.94. The molecule has 2 aromatic carbocycles. The molecule has 1 aromatic heterocycles. The molecule has 6 nitrogen and oxygen atoms in total. The molecule has 8 heteroatoms. The molecule has 0 saturated carbocycles. The van der Waals surface area contributed by atoms with Crippen LogP contribution in [0.25, 0.3) is 11.3 Å². The van der Waals surface area contributed by atoms with Crippen LogP contribution in [0.5, 0.6) is 0 Å². The summed E-state index contributed by atoms with van der Waals surface area (Å²) in [5.41, 5.74) is 1.60. The van der Waals surface area contributed by atoms with Crippen LogP contribution in [-0.4, -0.2) is 21.0 Å². The molecule has 0 unspecified atom stereocenters. The minimum atomic E-state index is -4.17. The molecule has 0 amide bonds. The highest BCUT2D eigenvalue weighted by Gasteiger charge is 2.34. The number of aryl methyl sites for hydroxylation is 2. The van der Waals surface area contributed by atoms with Gasteiger partial charge in [-0.25, -0.2) is 13.2 Å². The number of carbonyl (C=O) groups excluding carboxylic acids is 1. The average molecular weight is 434 g/mol. The van der Waals surface area contributed by atoms with Crippen molar-refractivity contribution in [1.82, 2.24) is 0 Å². The summed E-state index contributed by atoms with van der Waals surface area (Å²) in [6.45, 7) is 5.12. The largest absolute Gasteiger partial charge is 0.462 e. The van der Waals surface area contributed by atoms with Gasteiger partial charge in [0.2, 0.25) is 0 Å². The molecule has 0 bridgehead atoms. The van der Waals surface area contributed by atoms with Gasteiger partial charge in [-0.3, -0.25) is 4.72 Å². The minimum absolute atomic E-state index is 0.0439. The van der Waals surface area contributed by atoms with Crippen LogP contribution in [0, 0.1) is 13.8 Å². The zero-order chi connectivity index (χ0) is 21.2. The molecule has 29 heavy (non-hydrogen) atoms. The molecule has 1 N–H and O–H groups in total. The first kappa shape index (κ1) is 21.0. The summed E-state index contributed by atoms with van der Waals surface area (Å²) in [5.74, 6) is -0.570. The van der Waals surface area contributed by atoms with Crippen molar-refractivity contribution in [3.05, 3.63) is 70.4 Å². The van der Waals surface area contributed by atoms with E-state index in [1.54, 1.807) is 49.4 Å². The first-order valence-corrected chi connectivity index (χ1v) is 10.7. The molecular formula is C21H20ClNO5S. The van der Waals surface area contributed by atoms with Gasteiger partial charge in [-0.2, -0.15) is 0 Å². The number of rotatable bonds is 6. The molecule has 0 aliphatic rings. The number of furan rings is 1. The highest BCUT2D eigenvalue weighted by molar-refractivity contribution is 7.93. The maximum absolute atomic E-state index is 13.3. The molecule has 1 heterocycles. The fraction of sp³-hybridized carbons (Fsp3) is 0.190. The smallest absolute Gasteiger partial charge is 0.343 e. The Labute approximate surface area is 174 Å². The van der Waals surface area contributed by atoms with Crippen LogP contribution >= 0.6 is 11.6 Å². The number of ether oxygens (including phenoxy) is 1. The standard InChI is InChI=1S/C21H20ClNO5S/c1-4-27-21(24)18-14(3)28-19(15-8-10-16(22)11-9-15)20(18)29(25,26)23-17-7-5-6-13(2)12-17/h5-12,23H,4H2,1-3H3. The number of esters is 1. The third-order valence-electron chi connectivity index (χ3n) is 4.17. The van der Waals surface area contributed by atoms with Crippen LogP contribution in [-0.2, 0) is 14.8 Å². The van der Waals surface area contributed by atoms with Crippen molar-refractivity contribution < 1.29 is 22.4 Å². The van der Waals surface area contributed by atoms with Crippen molar-refractivity contribution in [1.29, 1.82) is 0 Å². The van der Waals surface area contributed by atoms with Crippen LogP contribution in [0.15, 0.2) is 57.8 Å². The Bertz CT molecular complexity index is 1150. The van der Waals surface area contributed by atoms with Gasteiger partial charge in [-0.1, -0.05) is 23.7 Å². The lowest BCUT2D eigenvalue weighted by atomic mass is 10.1. The fourth-order valence-corrected chi connectivity index (χ4v) is 4.49. The monoisotopic (exact) mass is 433 g/mol. The van der Waals surface area contributed by atoms with Crippen LogP contribution in [0.3, 0.4) is 0 Å².